The average Bonchev–Trinajstić information content (AvgIpc) is 3.89. The van der Waals surface area contributed by atoms with E-state index < -0.39 is 0 Å². The lowest BCUT2D eigenvalue weighted by molar-refractivity contribution is 1.15. The van der Waals surface area contributed by atoms with Gasteiger partial charge in [-0.25, -0.2) is 9.97 Å². The van der Waals surface area contributed by atoms with Crippen LogP contribution < -0.4 is 9.80 Å². The van der Waals surface area contributed by atoms with Crippen molar-refractivity contribution in [3.63, 3.8) is 0 Å². The number of para-hydroxylation sites is 1. The van der Waals surface area contributed by atoms with Crippen molar-refractivity contribution >= 4 is 77.7 Å². The molecule has 306 valence electrons. The van der Waals surface area contributed by atoms with Crippen molar-refractivity contribution in [2.24, 2.45) is 0 Å². The Morgan fingerprint density at radius 3 is 1.71 bits per heavy atom. The van der Waals surface area contributed by atoms with Gasteiger partial charge >= 0.3 is 0 Å². The Morgan fingerprint density at radius 2 is 0.939 bits per heavy atom. The molecule has 0 spiro atoms. The number of rotatable bonds is 7. The first-order chi connectivity index (χ1) is 32.7. The molecule has 2 aliphatic carbocycles. The monoisotopic (exact) mass is 840 g/mol. The van der Waals surface area contributed by atoms with Crippen LogP contribution in [-0.4, -0.2) is 19.9 Å². The van der Waals surface area contributed by atoms with Gasteiger partial charge in [-0.05, 0) is 139 Å². The van der Waals surface area contributed by atoms with Crippen molar-refractivity contribution in [2.75, 3.05) is 9.80 Å². The van der Waals surface area contributed by atoms with E-state index >= 15 is 0 Å². The maximum atomic E-state index is 5.15. The lowest BCUT2D eigenvalue weighted by atomic mass is 9.96. The molecule has 4 heterocycles. The maximum Gasteiger partial charge on any atom is 0.139 e. The molecule has 0 atom stereocenters. The molecule has 8 aromatic carbocycles. The number of benzene rings is 8. The predicted octanol–water partition coefficient (Wildman–Crippen LogP) is 15.8. The molecule has 4 aromatic heterocycles. The number of hydrogen-bond donors (Lipinski definition) is 0. The minimum absolute atomic E-state index is 0.812. The normalized spacial score (nSPS) is 11.9. The second-order valence-corrected chi connectivity index (χ2v) is 17.0. The van der Waals surface area contributed by atoms with Crippen molar-refractivity contribution in [2.45, 2.75) is 0 Å². The molecule has 6 heteroatoms. The maximum absolute atomic E-state index is 5.15. The van der Waals surface area contributed by atoms with Crippen LogP contribution in [0.4, 0.5) is 34.4 Å². The molecule has 0 unspecified atom stereocenters. The van der Waals surface area contributed by atoms with Crippen LogP contribution in [0.15, 0.2) is 219 Å². The third-order valence-corrected chi connectivity index (χ3v) is 13.5. The molecule has 0 aliphatic heterocycles. The van der Waals surface area contributed by atoms with E-state index in [2.05, 4.69) is 179 Å². The van der Waals surface area contributed by atoms with Crippen LogP contribution in [-0.2, 0) is 0 Å². The van der Waals surface area contributed by atoms with Crippen LogP contribution >= 0.6 is 0 Å². The van der Waals surface area contributed by atoms with Gasteiger partial charge in [0.2, 0.25) is 0 Å². The topological polar surface area (TPSA) is 58.0 Å². The lowest BCUT2D eigenvalue weighted by Gasteiger charge is -2.28. The van der Waals surface area contributed by atoms with E-state index in [0.29, 0.717) is 0 Å². The highest BCUT2D eigenvalue weighted by atomic mass is 15.2. The summed E-state index contributed by atoms with van der Waals surface area (Å²) in [4.78, 5) is 23.9. The van der Waals surface area contributed by atoms with E-state index in [0.717, 1.165) is 72.7 Å². The van der Waals surface area contributed by atoms with Crippen LogP contribution in [0.3, 0.4) is 0 Å². The van der Waals surface area contributed by atoms with Gasteiger partial charge < -0.3 is 4.90 Å². The molecule has 6 nitrogen and oxygen atoms in total. The van der Waals surface area contributed by atoms with Gasteiger partial charge in [0.15, 0.2) is 0 Å². The Morgan fingerprint density at radius 1 is 0.318 bits per heavy atom. The van der Waals surface area contributed by atoms with Gasteiger partial charge in [-0.3, -0.25) is 14.9 Å². The summed E-state index contributed by atoms with van der Waals surface area (Å²) in [5.74, 6) is 1.63. The molecular weight excluding hydrogens is 805 g/mol. The molecule has 0 bridgehead atoms. The highest BCUT2D eigenvalue weighted by Gasteiger charge is 2.28. The van der Waals surface area contributed by atoms with Crippen LogP contribution in [0.2, 0.25) is 0 Å². The third kappa shape index (κ3) is 5.42. The zero-order valence-corrected chi connectivity index (χ0v) is 35.5. The molecule has 0 amide bonds. The molecule has 0 saturated heterocycles. The summed E-state index contributed by atoms with van der Waals surface area (Å²) in [6.07, 6.45) is 7.51. The summed E-state index contributed by atoms with van der Waals surface area (Å²) < 4.78 is 0. The summed E-state index contributed by atoms with van der Waals surface area (Å²) in [6.45, 7) is 0. The molecule has 2 aliphatic rings. The number of fused-ring (bicyclic) bond motifs is 8. The van der Waals surface area contributed by atoms with Crippen molar-refractivity contribution in [3.8, 4) is 55.6 Å². The molecule has 0 saturated carbocycles. The van der Waals surface area contributed by atoms with Crippen LogP contribution in [0.25, 0.3) is 99.0 Å². The minimum Gasteiger partial charge on any atom is -0.309 e. The summed E-state index contributed by atoms with van der Waals surface area (Å²) in [5, 5.41) is 7.04. The van der Waals surface area contributed by atoms with Gasteiger partial charge in [-0.15, -0.1) is 0 Å². The molecule has 66 heavy (non-hydrogen) atoms. The summed E-state index contributed by atoms with van der Waals surface area (Å²) in [6, 6.07) is 69.5. The SMILES string of the molecule is c1ccc(N(c2ccc3ccccc3n2)c2ccc3c4c(cccc24)-c2ccc(-c4ccc5c(N(c6ccncc6)c6ccc7c8c(cccc68)-c6ccccc6-7)ccnc5c4)cc2-3)nc1. The average molecular weight is 841 g/mol. The quantitative estimate of drug-likeness (QED) is 0.159. The standard InChI is InChI=1S/C60H36N6/c1-4-16-52-37(9-1)20-27-58(64-52)66(57-17-5-6-31-63-57)55-26-24-47-51-35-38(18-21-43(51)45-13-8-15-50(55)60(45)47)39-19-22-48-53(36-39)62-34-30-56(48)65(40-28-32-61-33-29-40)54-25-23-46-42-11-3-2-10-41(42)44-12-7-14-49(54)59(44)46/h1-36H. The van der Waals surface area contributed by atoms with E-state index in [1.54, 1.807) is 0 Å². The number of anilines is 6. The van der Waals surface area contributed by atoms with E-state index in [4.69, 9.17) is 15.0 Å². The van der Waals surface area contributed by atoms with E-state index in [1.165, 1.54) is 60.7 Å². The summed E-state index contributed by atoms with van der Waals surface area (Å²) >= 11 is 0. The van der Waals surface area contributed by atoms with Gasteiger partial charge in [0, 0.05) is 52.0 Å². The Labute approximate surface area is 380 Å². The first kappa shape index (κ1) is 36.5. The van der Waals surface area contributed by atoms with Gasteiger partial charge in [-0.2, -0.15) is 0 Å². The molecular formula is C60H36N6. The van der Waals surface area contributed by atoms with Gasteiger partial charge in [-0.1, -0.05) is 121 Å². The Balaban J connectivity index is 0.875. The van der Waals surface area contributed by atoms with E-state index in [9.17, 15) is 0 Å². The fourth-order valence-corrected chi connectivity index (χ4v) is 10.6. The van der Waals surface area contributed by atoms with Crippen molar-refractivity contribution in [1.29, 1.82) is 0 Å². The molecule has 14 rings (SSSR count). The number of aromatic nitrogens is 4. The third-order valence-electron chi connectivity index (χ3n) is 13.5. The zero-order chi connectivity index (χ0) is 43.3. The molecule has 0 radical (unpaired) electrons. The van der Waals surface area contributed by atoms with Crippen molar-refractivity contribution < 1.29 is 0 Å². The Bertz CT molecular complexity index is 3930. The predicted molar refractivity (Wildman–Crippen MR) is 271 cm³/mol. The summed E-state index contributed by atoms with van der Waals surface area (Å²) in [5.41, 5.74) is 18.4. The van der Waals surface area contributed by atoms with Gasteiger partial charge in [0.25, 0.3) is 0 Å². The fourth-order valence-electron chi connectivity index (χ4n) is 10.6. The Kier molecular flexibility index (Phi) is 7.88. The summed E-state index contributed by atoms with van der Waals surface area (Å²) in [7, 11) is 0. The fraction of sp³-hybridized carbons (Fsp3) is 0. The number of nitrogens with zero attached hydrogens (tertiary/aromatic N) is 6. The molecule has 0 N–H and O–H groups in total. The highest BCUT2D eigenvalue weighted by molar-refractivity contribution is 6.21. The van der Waals surface area contributed by atoms with Crippen LogP contribution in [0, 0.1) is 0 Å². The first-order valence-electron chi connectivity index (χ1n) is 22.3. The van der Waals surface area contributed by atoms with Crippen molar-refractivity contribution in [1.82, 2.24) is 19.9 Å². The second-order valence-electron chi connectivity index (χ2n) is 17.0. The first-order valence-corrected chi connectivity index (χ1v) is 22.3. The van der Waals surface area contributed by atoms with Gasteiger partial charge in [0.1, 0.15) is 11.6 Å². The lowest BCUT2D eigenvalue weighted by Crippen LogP contribution is -2.13. The smallest absolute Gasteiger partial charge is 0.139 e. The largest absolute Gasteiger partial charge is 0.309 e. The molecule has 12 aromatic rings. The Hall–Kier alpha value is -9.00. The van der Waals surface area contributed by atoms with Crippen LogP contribution in [0.5, 0.6) is 0 Å². The van der Waals surface area contributed by atoms with Crippen LogP contribution in [0.1, 0.15) is 0 Å². The zero-order valence-electron chi connectivity index (χ0n) is 35.5. The van der Waals surface area contributed by atoms with E-state index in [1.807, 2.05) is 55.1 Å². The van der Waals surface area contributed by atoms with Gasteiger partial charge in [0.05, 0.1) is 28.1 Å². The molecule has 0 fully saturated rings. The highest BCUT2D eigenvalue weighted by Crippen LogP contribution is 2.53. The number of pyridine rings is 4. The second kappa shape index (κ2) is 14.3. The minimum atomic E-state index is 0.812. The number of hydrogen-bond acceptors (Lipinski definition) is 6. The van der Waals surface area contributed by atoms with E-state index in [-0.39, 0.29) is 0 Å². The van der Waals surface area contributed by atoms with Crippen molar-refractivity contribution in [3.05, 3.63) is 219 Å².